The molecule has 2 aromatic heterocycles. The summed E-state index contributed by atoms with van der Waals surface area (Å²) in [5, 5.41) is 3.77. The zero-order valence-electron chi connectivity index (χ0n) is 13.9. The molecule has 0 atom stereocenters. The quantitative estimate of drug-likeness (QED) is 0.633. The van der Waals surface area contributed by atoms with E-state index in [1.165, 1.54) is 12.3 Å². The molecule has 0 saturated carbocycles. The normalized spacial score (nSPS) is 10.6. The highest BCUT2D eigenvalue weighted by Gasteiger charge is 2.13. The zero-order chi connectivity index (χ0) is 17.8. The van der Waals surface area contributed by atoms with Crippen molar-refractivity contribution in [1.82, 2.24) is 9.97 Å². The van der Waals surface area contributed by atoms with Gasteiger partial charge in [-0.25, -0.2) is 9.37 Å². The molecule has 6 heteroatoms. The second kappa shape index (κ2) is 7.49. The van der Waals surface area contributed by atoms with Crippen LogP contribution in [0.4, 0.5) is 15.8 Å². The monoisotopic (exact) mass is 357 g/mol. The van der Waals surface area contributed by atoms with Crippen molar-refractivity contribution in [2.75, 3.05) is 12.4 Å². The van der Waals surface area contributed by atoms with Crippen molar-refractivity contribution in [2.24, 2.45) is 0 Å². The van der Waals surface area contributed by atoms with E-state index in [-0.39, 0.29) is 5.82 Å². The van der Waals surface area contributed by atoms with Gasteiger partial charge in [0.1, 0.15) is 11.0 Å². The van der Waals surface area contributed by atoms with E-state index in [0.717, 1.165) is 28.9 Å². The van der Waals surface area contributed by atoms with Crippen LogP contribution in [0.3, 0.4) is 0 Å². The number of aromatic nitrogens is 2. The first-order chi connectivity index (χ1) is 12.1. The molecule has 4 nitrogen and oxygen atoms in total. The number of nitrogens with one attached hydrogen (secondary N) is 1. The molecule has 1 N–H and O–H groups in total. The predicted octanol–water partition coefficient (Wildman–Crippen LogP) is 5.25. The van der Waals surface area contributed by atoms with Gasteiger partial charge in [-0.2, -0.15) is 0 Å². The largest absolute Gasteiger partial charge is 0.494 e. The number of ether oxygens (including phenoxy) is 1. The van der Waals surface area contributed by atoms with Crippen LogP contribution < -0.4 is 10.1 Å². The number of halogens is 2. The number of anilines is 2. The zero-order valence-corrected chi connectivity index (χ0v) is 14.6. The first kappa shape index (κ1) is 17.2. The Balaban J connectivity index is 2.04. The Hall–Kier alpha value is -2.66. The standard InChI is InChI=1S/C19H17ClFN3O/c1-3-12-10-23-18(20)9-17(12)24-16-6-4-5-14(19(16)25-2)15-8-7-13(21)11-22-15/h4-11H,3H2,1-2H3,(H,23,24). The Morgan fingerprint density at radius 3 is 2.64 bits per heavy atom. The summed E-state index contributed by atoms with van der Waals surface area (Å²) in [4.78, 5) is 8.26. The Kier molecular flexibility index (Phi) is 5.14. The highest BCUT2D eigenvalue weighted by atomic mass is 35.5. The number of methoxy groups -OCH3 is 1. The van der Waals surface area contributed by atoms with Gasteiger partial charge in [0.25, 0.3) is 0 Å². The summed E-state index contributed by atoms with van der Waals surface area (Å²) in [6.07, 6.45) is 3.75. The average Bonchev–Trinajstić information content (AvgIpc) is 2.62. The lowest BCUT2D eigenvalue weighted by Gasteiger charge is -2.16. The Morgan fingerprint density at radius 2 is 1.96 bits per heavy atom. The molecule has 0 spiro atoms. The maximum absolute atomic E-state index is 13.1. The number of para-hydroxylation sites is 1. The number of rotatable bonds is 5. The van der Waals surface area contributed by atoms with Gasteiger partial charge in [-0.1, -0.05) is 24.6 Å². The molecule has 128 valence electrons. The number of aryl methyl sites for hydroxylation is 1. The van der Waals surface area contributed by atoms with Gasteiger partial charge < -0.3 is 10.1 Å². The maximum Gasteiger partial charge on any atom is 0.151 e. The topological polar surface area (TPSA) is 47.0 Å². The molecule has 0 radical (unpaired) electrons. The molecular formula is C19H17ClFN3O. The number of hydrogen-bond donors (Lipinski definition) is 1. The van der Waals surface area contributed by atoms with E-state index in [1.54, 1.807) is 25.4 Å². The van der Waals surface area contributed by atoms with Gasteiger partial charge in [0.15, 0.2) is 5.75 Å². The van der Waals surface area contributed by atoms with E-state index in [0.29, 0.717) is 16.6 Å². The van der Waals surface area contributed by atoms with Gasteiger partial charge in [-0.05, 0) is 42.3 Å². The van der Waals surface area contributed by atoms with Crippen LogP contribution in [0.25, 0.3) is 11.3 Å². The third kappa shape index (κ3) is 3.72. The van der Waals surface area contributed by atoms with E-state index < -0.39 is 0 Å². The molecular weight excluding hydrogens is 341 g/mol. The van der Waals surface area contributed by atoms with E-state index >= 15 is 0 Å². The van der Waals surface area contributed by atoms with Crippen LogP contribution in [0.1, 0.15) is 12.5 Å². The lowest BCUT2D eigenvalue weighted by Crippen LogP contribution is -2.00. The molecule has 0 amide bonds. The molecule has 0 aliphatic heterocycles. The van der Waals surface area contributed by atoms with Crippen LogP contribution in [-0.4, -0.2) is 17.1 Å². The molecule has 0 aliphatic carbocycles. The smallest absolute Gasteiger partial charge is 0.151 e. The van der Waals surface area contributed by atoms with Crippen LogP contribution in [0.2, 0.25) is 5.15 Å². The molecule has 3 rings (SSSR count). The van der Waals surface area contributed by atoms with Crippen LogP contribution in [-0.2, 0) is 6.42 Å². The molecule has 0 bridgehead atoms. The van der Waals surface area contributed by atoms with Gasteiger partial charge in [0.05, 0.1) is 24.7 Å². The molecule has 0 aliphatic rings. The number of hydrogen-bond acceptors (Lipinski definition) is 4. The van der Waals surface area contributed by atoms with Crippen LogP contribution >= 0.6 is 11.6 Å². The van der Waals surface area contributed by atoms with Crippen LogP contribution in [0, 0.1) is 5.82 Å². The molecule has 0 saturated heterocycles. The van der Waals surface area contributed by atoms with Gasteiger partial charge >= 0.3 is 0 Å². The summed E-state index contributed by atoms with van der Waals surface area (Å²) in [6, 6.07) is 10.4. The van der Waals surface area contributed by atoms with E-state index in [4.69, 9.17) is 16.3 Å². The SMILES string of the molecule is CCc1cnc(Cl)cc1Nc1cccc(-c2ccc(F)cn2)c1OC. The second-order valence-electron chi connectivity index (χ2n) is 5.39. The van der Waals surface area contributed by atoms with Crippen molar-refractivity contribution in [2.45, 2.75) is 13.3 Å². The lowest BCUT2D eigenvalue weighted by molar-refractivity contribution is 0.418. The van der Waals surface area contributed by atoms with Crippen LogP contribution in [0.5, 0.6) is 5.75 Å². The summed E-state index contributed by atoms with van der Waals surface area (Å²) in [5.41, 5.74) is 4.07. The maximum atomic E-state index is 13.1. The highest BCUT2D eigenvalue weighted by molar-refractivity contribution is 6.29. The lowest BCUT2D eigenvalue weighted by atomic mass is 10.1. The van der Waals surface area contributed by atoms with Crippen molar-refractivity contribution in [3.63, 3.8) is 0 Å². The summed E-state index contributed by atoms with van der Waals surface area (Å²) in [6.45, 7) is 2.05. The molecule has 0 unspecified atom stereocenters. The first-order valence-electron chi connectivity index (χ1n) is 7.82. The third-order valence-corrected chi connectivity index (χ3v) is 4.03. The Bertz CT molecular complexity index is 884. The number of pyridine rings is 2. The van der Waals surface area contributed by atoms with E-state index in [2.05, 4.69) is 15.3 Å². The van der Waals surface area contributed by atoms with E-state index in [1.807, 2.05) is 25.1 Å². The van der Waals surface area contributed by atoms with E-state index in [9.17, 15) is 4.39 Å². The number of nitrogens with zero attached hydrogens (tertiary/aromatic N) is 2. The molecule has 1 aromatic carbocycles. The summed E-state index contributed by atoms with van der Waals surface area (Å²) >= 11 is 6.03. The average molecular weight is 358 g/mol. The first-order valence-corrected chi connectivity index (χ1v) is 8.20. The van der Waals surface area contributed by atoms with Crippen molar-refractivity contribution in [3.8, 4) is 17.0 Å². The van der Waals surface area contributed by atoms with Gasteiger partial charge in [0.2, 0.25) is 0 Å². The highest BCUT2D eigenvalue weighted by Crippen LogP contribution is 2.37. The molecule has 2 heterocycles. The van der Waals surface area contributed by atoms with Gasteiger partial charge in [-0.3, -0.25) is 4.98 Å². The van der Waals surface area contributed by atoms with Gasteiger partial charge in [-0.15, -0.1) is 0 Å². The van der Waals surface area contributed by atoms with Crippen molar-refractivity contribution in [1.29, 1.82) is 0 Å². The van der Waals surface area contributed by atoms with Gasteiger partial charge in [0, 0.05) is 17.4 Å². The predicted molar refractivity (Wildman–Crippen MR) is 98.1 cm³/mol. The van der Waals surface area contributed by atoms with Crippen molar-refractivity contribution >= 4 is 23.0 Å². The summed E-state index contributed by atoms with van der Waals surface area (Å²) in [5.74, 6) is 0.243. The minimum atomic E-state index is -0.379. The fourth-order valence-electron chi connectivity index (χ4n) is 2.59. The Morgan fingerprint density at radius 1 is 1.12 bits per heavy atom. The summed E-state index contributed by atoms with van der Waals surface area (Å²) < 4.78 is 18.7. The summed E-state index contributed by atoms with van der Waals surface area (Å²) in [7, 11) is 1.59. The van der Waals surface area contributed by atoms with Crippen molar-refractivity contribution in [3.05, 3.63) is 65.3 Å². The minimum Gasteiger partial charge on any atom is -0.494 e. The fourth-order valence-corrected chi connectivity index (χ4v) is 2.75. The molecule has 25 heavy (non-hydrogen) atoms. The third-order valence-electron chi connectivity index (χ3n) is 3.83. The second-order valence-corrected chi connectivity index (χ2v) is 5.78. The van der Waals surface area contributed by atoms with Crippen molar-refractivity contribution < 1.29 is 9.13 Å². The van der Waals surface area contributed by atoms with Crippen LogP contribution in [0.15, 0.2) is 48.8 Å². The minimum absolute atomic E-state index is 0.379. The fraction of sp³-hybridized carbons (Fsp3) is 0.158. The molecule has 3 aromatic rings. The Labute approximate surface area is 150 Å². The number of benzene rings is 1. The molecule has 0 fully saturated rings.